The van der Waals surface area contributed by atoms with Gasteiger partial charge in [-0.2, -0.15) is 0 Å². The number of carbonyl (C=O) groups is 1. The summed E-state index contributed by atoms with van der Waals surface area (Å²) >= 11 is 1.22. The Balaban J connectivity index is 2.09. The summed E-state index contributed by atoms with van der Waals surface area (Å²) in [7, 11) is 0. The zero-order valence-electron chi connectivity index (χ0n) is 11.6. The SMILES string of the molecule is CCCc1nnsc1C(=O)N1CCC(C)C(CN)C1. The smallest absolute Gasteiger partial charge is 0.267 e. The summed E-state index contributed by atoms with van der Waals surface area (Å²) in [6.07, 6.45) is 2.83. The van der Waals surface area contributed by atoms with E-state index in [4.69, 9.17) is 5.73 Å². The fourth-order valence-electron chi connectivity index (χ4n) is 2.56. The summed E-state index contributed by atoms with van der Waals surface area (Å²) in [6.45, 7) is 6.53. The molecule has 5 nitrogen and oxygen atoms in total. The Morgan fingerprint density at radius 2 is 2.37 bits per heavy atom. The fourth-order valence-corrected chi connectivity index (χ4v) is 3.23. The number of piperidine rings is 1. The monoisotopic (exact) mass is 282 g/mol. The maximum atomic E-state index is 12.5. The van der Waals surface area contributed by atoms with Crippen LogP contribution in [0.25, 0.3) is 0 Å². The Morgan fingerprint density at radius 1 is 1.58 bits per heavy atom. The van der Waals surface area contributed by atoms with Crippen LogP contribution >= 0.6 is 11.5 Å². The van der Waals surface area contributed by atoms with Crippen molar-refractivity contribution in [3.05, 3.63) is 10.6 Å². The molecule has 0 aliphatic carbocycles. The van der Waals surface area contributed by atoms with Crippen molar-refractivity contribution < 1.29 is 4.79 Å². The van der Waals surface area contributed by atoms with Crippen LogP contribution in [0.4, 0.5) is 0 Å². The van der Waals surface area contributed by atoms with E-state index in [1.807, 2.05) is 4.90 Å². The number of hydrogen-bond donors (Lipinski definition) is 1. The average Bonchev–Trinajstić information content (AvgIpc) is 2.87. The fraction of sp³-hybridized carbons (Fsp3) is 0.769. The quantitative estimate of drug-likeness (QED) is 0.909. The Labute approximate surface area is 118 Å². The molecule has 0 spiro atoms. The van der Waals surface area contributed by atoms with Crippen LogP contribution in [0, 0.1) is 11.8 Å². The van der Waals surface area contributed by atoms with Gasteiger partial charge in [-0.05, 0) is 42.8 Å². The van der Waals surface area contributed by atoms with Gasteiger partial charge in [-0.25, -0.2) is 0 Å². The molecule has 1 amide bonds. The molecule has 106 valence electrons. The first kappa shape index (κ1) is 14.4. The third kappa shape index (κ3) is 3.12. The molecule has 0 bridgehead atoms. The van der Waals surface area contributed by atoms with Gasteiger partial charge in [0.2, 0.25) is 0 Å². The lowest BCUT2D eigenvalue weighted by Crippen LogP contribution is -2.45. The van der Waals surface area contributed by atoms with Gasteiger partial charge in [0.05, 0.1) is 5.69 Å². The normalized spacial score (nSPS) is 23.6. The summed E-state index contributed by atoms with van der Waals surface area (Å²) in [4.78, 5) is 15.2. The standard InChI is InChI=1S/C13H22N4OS/c1-3-4-11-12(19-16-15-11)13(18)17-6-5-9(2)10(7-14)8-17/h9-10H,3-8,14H2,1-2H3. The zero-order valence-corrected chi connectivity index (χ0v) is 12.4. The van der Waals surface area contributed by atoms with Crippen LogP contribution in [0.5, 0.6) is 0 Å². The number of nitrogens with zero attached hydrogens (tertiary/aromatic N) is 3. The summed E-state index contributed by atoms with van der Waals surface area (Å²) in [6, 6.07) is 0. The molecular formula is C13H22N4OS. The Morgan fingerprint density at radius 3 is 3.05 bits per heavy atom. The van der Waals surface area contributed by atoms with Crippen molar-refractivity contribution >= 4 is 17.4 Å². The predicted octanol–water partition coefficient (Wildman–Crippen LogP) is 1.55. The van der Waals surface area contributed by atoms with Gasteiger partial charge in [-0.3, -0.25) is 4.79 Å². The molecule has 2 rings (SSSR count). The third-order valence-electron chi connectivity index (χ3n) is 3.94. The third-order valence-corrected chi connectivity index (χ3v) is 4.70. The Kier molecular flexibility index (Phi) is 4.87. The first-order valence-corrected chi connectivity index (χ1v) is 7.75. The van der Waals surface area contributed by atoms with Gasteiger partial charge in [0, 0.05) is 13.1 Å². The van der Waals surface area contributed by atoms with Crippen molar-refractivity contribution in [2.45, 2.75) is 33.1 Å². The van der Waals surface area contributed by atoms with Gasteiger partial charge in [-0.1, -0.05) is 24.8 Å². The zero-order chi connectivity index (χ0) is 13.8. The number of nitrogens with two attached hydrogens (primary N) is 1. The number of carbonyl (C=O) groups excluding carboxylic acids is 1. The summed E-state index contributed by atoms with van der Waals surface area (Å²) in [5.41, 5.74) is 6.64. The molecule has 19 heavy (non-hydrogen) atoms. The minimum Gasteiger partial charge on any atom is -0.337 e. The van der Waals surface area contributed by atoms with Gasteiger partial charge in [0.15, 0.2) is 0 Å². The molecule has 6 heteroatoms. The molecule has 2 heterocycles. The molecular weight excluding hydrogens is 260 g/mol. The minimum absolute atomic E-state index is 0.0869. The van der Waals surface area contributed by atoms with Crippen molar-refractivity contribution in [3.8, 4) is 0 Å². The molecule has 1 aliphatic rings. The number of aromatic nitrogens is 2. The van der Waals surface area contributed by atoms with E-state index in [9.17, 15) is 4.79 Å². The van der Waals surface area contributed by atoms with Gasteiger partial charge in [0.25, 0.3) is 5.91 Å². The molecule has 1 aromatic heterocycles. The van der Waals surface area contributed by atoms with E-state index in [0.717, 1.165) is 38.0 Å². The summed E-state index contributed by atoms with van der Waals surface area (Å²) in [5, 5.41) is 4.07. The van der Waals surface area contributed by atoms with Crippen molar-refractivity contribution in [1.82, 2.24) is 14.5 Å². The van der Waals surface area contributed by atoms with Crippen molar-refractivity contribution in [2.75, 3.05) is 19.6 Å². The first-order chi connectivity index (χ1) is 9.17. The average molecular weight is 282 g/mol. The van der Waals surface area contributed by atoms with Gasteiger partial charge < -0.3 is 10.6 Å². The molecule has 0 radical (unpaired) electrons. The Bertz CT molecular complexity index is 434. The largest absolute Gasteiger partial charge is 0.337 e. The molecule has 1 aliphatic heterocycles. The number of rotatable bonds is 4. The Hall–Kier alpha value is -1.01. The van der Waals surface area contributed by atoms with Crippen LogP contribution in [0.2, 0.25) is 0 Å². The second kappa shape index (κ2) is 6.43. The van der Waals surface area contributed by atoms with Crippen LogP contribution in [0.3, 0.4) is 0 Å². The van der Waals surface area contributed by atoms with Crippen LogP contribution in [0.15, 0.2) is 0 Å². The molecule has 1 aromatic rings. The second-order valence-electron chi connectivity index (χ2n) is 5.31. The highest BCUT2D eigenvalue weighted by Crippen LogP contribution is 2.25. The number of hydrogen-bond acceptors (Lipinski definition) is 5. The first-order valence-electron chi connectivity index (χ1n) is 6.97. The highest BCUT2D eigenvalue weighted by atomic mass is 32.1. The lowest BCUT2D eigenvalue weighted by molar-refractivity contribution is 0.0622. The molecule has 2 N–H and O–H groups in total. The number of amides is 1. The van der Waals surface area contributed by atoms with E-state index in [1.54, 1.807) is 0 Å². The lowest BCUT2D eigenvalue weighted by atomic mass is 9.87. The van der Waals surface area contributed by atoms with Crippen LogP contribution in [-0.2, 0) is 6.42 Å². The van der Waals surface area contributed by atoms with Crippen LogP contribution in [0.1, 0.15) is 42.1 Å². The maximum absolute atomic E-state index is 12.5. The van der Waals surface area contributed by atoms with Gasteiger partial charge in [0.1, 0.15) is 4.88 Å². The lowest BCUT2D eigenvalue weighted by Gasteiger charge is -2.36. The number of likely N-dealkylation sites (tertiary alicyclic amines) is 1. The topological polar surface area (TPSA) is 72.1 Å². The van der Waals surface area contributed by atoms with E-state index in [0.29, 0.717) is 23.3 Å². The van der Waals surface area contributed by atoms with E-state index < -0.39 is 0 Å². The molecule has 2 atom stereocenters. The van der Waals surface area contributed by atoms with Crippen molar-refractivity contribution in [3.63, 3.8) is 0 Å². The number of aryl methyl sites for hydroxylation is 1. The highest BCUT2D eigenvalue weighted by molar-refractivity contribution is 7.08. The van der Waals surface area contributed by atoms with E-state index in [1.165, 1.54) is 11.5 Å². The molecule has 2 unspecified atom stereocenters. The molecule has 1 fully saturated rings. The van der Waals surface area contributed by atoms with E-state index in [-0.39, 0.29) is 5.91 Å². The molecule has 0 aromatic carbocycles. The van der Waals surface area contributed by atoms with Gasteiger partial charge >= 0.3 is 0 Å². The van der Waals surface area contributed by atoms with Crippen LogP contribution in [-0.4, -0.2) is 40.0 Å². The summed E-state index contributed by atoms with van der Waals surface area (Å²) < 4.78 is 3.93. The van der Waals surface area contributed by atoms with E-state index >= 15 is 0 Å². The predicted molar refractivity (Wildman–Crippen MR) is 76.1 cm³/mol. The second-order valence-corrected chi connectivity index (χ2v) is 6.07. The molecule has 0 saturated carbocycles. The van der Waals surface area contributed by atoms with Crippen molar-refractivity contribution in [1.29, 1.82) is 0 Å². The van der Waals surface area contributed by atoms with Crippen LogP contribution < -0.4 is 5.73 Å². The summed E-state index contributed by atoms with van der Waals surface area (Å²) in [5.74, 6) is 1.10. The highest BCUT2D eigenvalue weighted by Gasteiger charge is 2.30. The van der Waals surface area contributed by atoms with Crippen molar-refractivity contribution in [2.24, 2.45) is 17.6 Å². The van der Waals surface area contributed by atoms with E-state index in [2.05, 4.69) is 23.4 Å². The maximum Gasteiger partial charge on any atom is 0.267 e. The van der Waals surface area contributed by atoms with Gasteiger partial charge in [-0.15, -0.1) is 5.10 Å². The molecule has 1 saturated heterocycles. The minimum atomic E-state index is 0.0869.